The van der Waals surface area contributed by atoms with E-state index in [1.54, 1.807) is 30.0 Å². The first-order chi connectivity index (χ1) is 16.7. The van der Waals surface area contributed by atoms with Gasteiger partial charge in [-0.05, 0) is 62.9 Å². The van der Waals surface area contributed by atoms with Crippen molar-refractivity contribution < 1.29 is 19.1 Å². The Hall–Kier alpha value is -2.44. The van der Waals surface area contributed by atoms with Gasteiger partial charge in [-0.1, -0.05) is 49.2 Å². The molecule has 0 bridgehead atoms. The molecule has 8 heteroatoms. The molecule has 192 valence electrons. The van der Waals surface area contributed by atoms with Crippen LogP contribution in [0, 0.1) is 5.92 Å². The van der Waals surface area contributed by atoms with Gasteiger partial charge in [0.2, 0.25) is 11.8 Å². The van der Waals surface area contributed by atoms with Crippen molar-refractivity contribution in [3.05, 3.63) is 57.6 Å². The van der Waals surface area contributed by atoms with E-state index in [1.165, 1.54) is 0 Å². The van der Waals surface area contributed by atoms with E-state index >= 15 is 0 Å². The van der Waals surface area contributed by atoms with Gasteiger partial charge in [0.1, 0.15) is 6.04 Å². The highest BCUT2D eigenvalue weighted by Gasteiger charge is 2.27. The smallest absolute Gasteiger partial charge is 0.242 e. The molecular weight excluding hydrogens is 487 g/mol. The topological polar surface area (TPSA) is 67.9 Å². The van der Waals surface area contributed by atoms with Crippen molar-refractivity contribution in [3.63, 3.8) is 0 Å². The highest BCUT2D eigenvalue weighted by Crippen LogP contribution is 2.30. The maximum atomic E-state index is 13.4. The Kier molecular flexibility index (Phi) is 11.7. The lowest BCUT2D eigenvalue weighted by Gasteiger charge is -2.29. The molecule has 35 heavy (non-hydrogen) atoms. The SMILES string of the molecule is CCOc1ccc(CCC(=O)N(Cc2c(Cl)cccc2Cl)[C@@H](C)C(=O)NCC(C)C)cc1OCC. The van der Waals surface area contributed by atoms with Gasteiger partial charge >= 0.3 is 0 Å². The summed E-state index contributed by atoms with van der Waals surface area (Å²) in [4.78, 5) is 27.8. The van der Waals surface area contributed by atoms with E-state index in [4.69, 9.17) is 32.7 Å². The Morgan fingerprint density at radius 3 is 2.20 bits per heavy atom. The normalized spacial score (nSPS) is 11.8. The zero-order valence-electron chi connectivity index (χ0n) is 21.2. The van der Waals surface area contributed by atoms with E-state index in [9.17, 15) is 9.59 Å². The first-order valence-corrected chi connectivity index (χ1v) is 12.8. The molecule has 0 radical (unpaired) electrons. The summed E-state index contributed by atoms with van der Waals surface area (Å²) in [6, 6.07) is 10.2. The molecule has 2 aromatic rings. The molecule has 2 amide bonds. The standard InChI is InChI=1S/C27H36Cl2N2O4/c1-6-34-24-13-11-20(15-25(24)35-7-2)12-14-26(32)31(19(5)27(33)30-16-18(3)4)17-21-22(28)9-8-10-23(21)29/h8-11,13,15,18-19H,6-7,12,14,16-17H2,1-5H3,(H,30,33)/t19-/m0/s1. The second-order valence-corrected chi connectivity index (χ2v) is 9.50. The monoisotopic (exact) mass is 522 g/mol. The van der Waals surface area contributed by atoms with Crippen LogP contribution in [-0.4, -0.2) is 42.5 Å². The van der Waals surface area contributed by atoms with Gasteiger partial charge in [0.05, 0.1) is 13.2 Å². The van der Waals surface area contributed by atoms with Gasteiger partial charge in [-0.25, -0.2) is 0 Å². The Bertz CT molecular complexity index is 977. The highest BCUT2D eigenvalue weighted by atomic mass is 35.5. The minimum absolute atomic E-state index is 0.140. The molecule has 1 N–H and O–H groups in total. The zero-order chi connectivity index (χ0) is 26.0. The van der Waals surface area contributed by atoms with Crippen LogP contribution in [0.1, 0.15) is 52.2 Å². The minimum atomic E-state index is -0.687. The van der Waals surface area contributed by atoms with E-state index in [2.05, 4.69) is 5.32 Å². The maximum absolute atomic E-state index is 13.4. The molecule has 0 aromatic heterocycles. The highest BCUT2D eigenvalue weighted by molar-refractivity contribution is 6.36. The third-order valence-electron chi connectivity index (χ3n) is 5.48. The van der Waals surface area contributed by atoms with Gasteiger partial charge in [-0.15, -0.1) is 0 Å². The van der Waals surface area contributed by atoms with Crippen molar-refractivity contribution in [3.8, 4) is 11.5 Å². The van der Waals surface area contributed by atoms with Crippen molar-refractivity contribution >= 4 is 35.0 Å². The molecule has 2 aromatic carbocycles. The maximum Gasteiger partial charge on any atom is 0.242 e. The summed E-state index contributed by atoms with van der Waals surface area (Å²) >= 11 is 12.8. The van der Waals surface area contributed by atoms with Crippen LogP contribution in [0.2, 0.25) is 10.0 Å². The number of rotatable bonds is 13. The second kappa shape index (κ2) is 14.2. The fourth-order valence-electron chi connectivity index (χ4n) is 3.53. The largest absolute Gasteiger partial charge is 0.490 e. The summed E-state index contributed by atoms with van der Waals surface area (Å²) in [6.07, 6.45) is 0.696. The first-order valence-electron chi connectivity index (χ1n) is 12.1. The summed E-state index contributed by atoms with van der Waals surface area (Å²) in [5, 5.41) is 3.83. The lowest BCUT2D eigenvalue weighted by Crippen LogP contribution is -2.48. The van der Waals surface area contributed by atoms with Gasteiger partial charge in [-0.3, -0.25) is 9.59 Å². The Labute approximate surface area is 218 Å². The quantitative estimate of drug-likeness (QED) is 0.354. The lowest BCUT2D eigenvalue weighted by molar-refractivity contribution is -0.140. The van der Waals surface area contributed by atoms with Crippen molar-refractivity contribution in [2.24, 2.45) is 5.92 Å². The predicted molar refractivity (Wildman–Crippen MR) is 141 cm³/mol. The third-order valence-corrected chi connectivity index (χ3v) is 6.19. The molecule has 0 heterocycles. The lowest BCUT2D eigenvalue weighted by atomic mass is 10.1. The fraction of sp³-hybridized carbons (Fsp3) is 0.481. The Morgan fingerprint density at radius 2 is 1.60 bits per heavy atom. The molecule has 0 fully saturated rings. The Balaban J connectivity index is 2.23. The number of benzene rings is 2. The summed E-state index contributed by atoms with van der Waals surface area (Å²) in [5.74, 6) is 1.25. The third kappa shape index (κ3) is 8.62. The molecule has 6 nitrogen and oxygen atoms in total. The first kappa shape index (κ1) is 28.8. The van der Waals surface area contributed by atoms with Crippen LogP contribution >= 0.6 is 23.2 Å². The molecule has 0 aliphatic carbocycles. The van der Waals surface area contributed by atoms with Gasteiger partial charge < -0.3 is 19.7 Å². The van der Waals surface area contributed by atoms with Crippen LogP contribution < -0.4 is 14.8 Å². The number of halogens is 2. The molecule has 2 rings (SSSR count). The van der Waals surface area contributed by atoms with Gasteiger partial charge in [0.25, 0.3) is 0 Å². The molecule has 0 aliphatic heterocycles. The number of nitrogens with one attached hydrogen (secondary N) is 1. The van der Waals surface area contributed by atoms with Crippen molar-refractivity contribution in [2.45, 2.75) is 60.0 Å². The summed E-state index contributed by atoms with van der Waals surface area (Å²) in [7, 11) is 0. The van der Waals surface area contributed by atoms with Crippen molar-refractivity contribution in [1.82, 2.24) is 10.2 Å². The van der Waals surface area contributed by atoms with Crippen LogP contribution in [-0.2, 0) is 22.6 Å². The van der Waals surface area contributed by atoms with Gasteiger partial charge in [0.15, 0.2) is 11.5 Å². The molecule has 0 unspecified atom stereocenters. The van der Waals surface area contributed by atoms with Crippen LogP contribution in [0.4, 0.5) is 0 Å². The van der Waals surface area contributed by atoms with Gasteiger partial charge in [0, 0.05) is 35.1 Å². The van der Waals surface area contributed by atoms with E-state index in [-0.39, 0.29) is 24.8 Å². The Morgan fingerprint density at radius 1 is 0.971 bits per heavy atom. The molecule has 0 saturated carbocycles. The van der Waals surface area contributed by atoms with E-state index in [1.807, 2.05) is 45.9 Å². The predicted octanol–water partition coefficient (Wildman–Crippen LogP) is 5.91. The van der Waals surface area contributed by atoms with Crippen molar-refractivity contribution in [2.75, 3.05) is 19.8 Å². The van der Waals surface area contributed by atoms with Crippen LogP contribution in [0.15, 0.2) is 36.4 Å². The minimum Gasteiger partial charge on any atom is -0.490 e. The average Bonchev–Trinajstić information content (AvgIpc) is 2.82. The van der Waals surface area contributed by atoms with E-state index < -0.39 is 6.04 Å². The molecular formula is C27H36Cl2N2O4. The molecule has 0 saturated heterocycles. The number of hydrogen-bond donors (Lipinski definition) is 1. The summed E-state index contributed by atoms with van der Waals surface area (Å²) < 4.78 is 11.3. The van der Waals surface area contributed by atoms with E-state index in [0.29, 0.717) is 59.2 Å². The second-order valence-electron chi connectivity index (χ2n) is 8.68. The number of carbonyl (C=O) groups excluding carboxylic acids is 2. The fourth-order valence-corrected chi connectivity index (χ4v) is 4.05. The van der Waals surface area contributed by atoms with Crippen LogP contribution in [0.25, 0.3) is 0 Å². The number of hydrogen-bond acceptors (Lipinski definition) is 4. The van der Waals surface area contributed by atoms with Crippen LogP contribution in [0.5, 0.6) is 11.5 Å². The van der Waals surface area contributed by atoms with Gasteiger partial charge in [-0.2, -0.15) is 0 Å². The zero-order valence-corrected chi connectivity index (χ0v) is 22.7. The number of amides is 2. The number of aryl methyl sites for hydroxylation is 1. The molecule has 0 aliphatic rings. The van der Waals surface area contributed by atoms with Crippen LogP contribution in [0.3, 0.4) is 0 Å². The summed E-state index contributed by atoms with van der Waals surface area (Å²) in [5.41, 5.74) is 1.56. The molecule has 0 spiro atoms. The van der Waals surface area contributed by atoms with E-state index in [0.717, 1.165) is 5.56 Å². The number of nitrogens with zero attached hydrogens (tertiary/aromatic N) is 1. The molecule has 1 atom stereocenters. The number of carbonyl (C=O) groups is 2. The summed E-state index contributed by atoms with van der Waals surface area (Å²) in [6.45, 7) is 11.3. The van der Waals surface area contributed by atoms with Crippen molar-refractivity contribution in [1.29, 1.82) is 0 Å². The number of ether oxygens (including phenoxy) is 2. The average molecular weight is 524 g/mol.